The SMILES string of the molecule is O=C(C=Cc1ccc(NC(=O)CCc2c[nH]c3ccccc23)cc1)NO. The number of carbonyl (C=O) groups is 2. The van der Waals surface area contributed by atoms with E-state index in [1.165, 1.54) is 11.6 Å². The predicted octanol–water partition coefficient (Wildman–Crippen LogP) is 3.26. The van der Waals surface area contributed by atoms with Gasteiger partial charge in [0.05, 0.1) is 0 Å². The number of hydrogen-bond acceptors (Lipinski definition) is 3. The monoisotopic (exact) mass is 349 g/mol. The average molecular weight is 349 g/mol. The molecule has 1 aromatic heterocycles. The molecule has 3 aromatic rings. The van der Waals surface area contributed by atoms with Crippen molar-refractivity contribution in [3.63, 3.8) is 0 Å². The standard InChI is InChI=1S/C20H19N3O3/c24-19(12-8-15-13-21-18-4-2-1-3-17(15)18)22-16-9-5-14(6-10-16)7-11-20(25)23-26/h1-7,9-11,13,21,26H,8,12H2,(H,22,24)(H,23,25). The molecule has 0 aliphatic heterocycles. The van der Waals surface area contributed by atoms with Crippen molar-refractivity contribution in [1.82, 2.24) is 10.5 Å². The number of amides is 2. The summed E-state index contributed by atoms with van der Waals surface area (Å²) >= 11 is 0. The lowest BCUT2D eigenvalue weighted by Gasteiger charge is -2.05. The average Bonchev–Trinajstić information content (AvgIpc) is 3.09. The Bertz CT molecular complexity index is 942. The van der Waals surface area contributed by atoms with Gasteiger partial charge < -0.3 is 10.3 Å². The number of para-hydroxylation sites is 1. The second kappa shape index (κ2) is 8.13. The number of nitrogens with one attached hydrogen (secondary N) is 3. The number of rotatable bonds is 6. The van der Waals surface area contributed by atoms with Gasteiger partial charge in [0.2, 0.25) is 5.91 Å². The molecule has 0 aliphatic rings. The Kier molecular flexibility index (Phi) is 5.46. The normalized spacial score (nSPS) is 11.0. The van der Waals surface area contributed by atoms with Crippen LogP contribution in [0.15, 0.2) is 60.8 Å². The number of aromatic nitrogens is 1. The third-order valence-corrected chi connectivity index (χ3v) is 4.03. The van der Waals surface area contributed by atoms with Crippen LogP contribution in [-0.2, 0) is 16.0 Å². The van der Waals surface area contributed by atoms with Crippen LogP contribution in [0, 0.1) is 0 Å². The Morgan fingerprint density at radius 1 is 1.08 bits per heavy atom. The number of anilines is 1. The van der Waals surface area contributed by atoms with Crippen LogP contribution in [-0.4, -0.2) is 22.0 Å². The van der Waals surface area contributed by atoms with Crippen molar-refractivity contribution in [3.05, 3.63) is 71.9 Å². The Morgan fingerprint density at radius 3 is 2.62 bits per heavy atom. The van der Waals surface area contributed by atoms with E-state index in [9.17, 15) is 9.59 Å². The van der Waals surface area contributed by atoms with Gasteiger partial charge in [-0.3, -0.25) is 14.8 Å². The Hall–Kier alpha value is -3.38. The molecule has 4 N–H and O–H groups in total. The highest BCUT2D eigenvalue weighted by atomic mass is 16.5. The maximum absolute atomic E-state index is 12.2. The topological polar surface area (TPSA) is 94.2 Å². The number of H-pyrrole nitrogens is 1. The zero-order chi connectivity index (χ0) is 18.4. The molecule has 0 saturated carbocycles. The van der Waals surface area contributed by atoms with Crippen molar-refractivity contribution < 1.29 is 14.8 Å². The van der Waals surface area contributed by atoms with Gasteiger partial charge in [-0.2, -0.15) is 0 Å². The summed E-state index contributed by atoms with van der Waals surface area (Å²) in [4.78, 5) is 26.3. The van der Waals surface area contributed by atoms with E-state index in [-0.39, 0.29) is 5.91 Å². The molecule has 6 heteroatoms. The maximum Gasteiger partial charge on any atom is 0.267 e. The zero-order valence-corrected chi connectivity index (χ0v) is 14.0. The summed E-state index contributed by atoms with van der Waals surface area (Å²) in [5.41, 5.74) is 5.19. The molecule has 0 fully saturated rings. The molecule has 1 heterocycles. The van der Waals surface area contributed by atoms with Crippen molar-refractivity contribution in [1.29, 1.82) is 0 Å². The van der Waals surface area contributed by atoms with Gasteiger partial charge in [0.25, 0.3) is 5.91 Å². The van der Waals surface area contributed by atoms with E-state index in [0.29, 0.717) is 18.5 Å². The maximum atomic E-state index is 12.2. The van der Waals surface area contributed by atoms with Crippen molar-refractivity contribution in [2.75, 3.05) is 5.32 Å². The van der Waals surface area contributed by atoms with Gasteiger partial charge in [0.1, 0.15) is 0 Å². The van der Waals surface area contributed by atoms with Crippen LogP contribution in [0.3, 0.4) is 0 Å². The lowest BCUT2D eigenvalue weighted by Crippen LogP contribution is -2.14. The van der Waals surface area contributed by atoms with E-state index in [4.69, 9.17) is 5.21 Å². The quantitative estimate of drug-likeness (QED) is 0.312. The highest BCUT2D eigenvalue weighted by molar-refractivity contribution is 5.92. The Morgan fingerprint density at radius 2 is 1.85 bits per heavy atom. The smallest absolute Gasteiger partial charge is 0.267 e. The molecule has 0 saturated heterocycles. The first-order valence-electron chi connectivity index (χ1n) is 8.23. The number of carbonyl (C=O) groups excluding carboxylic acids is 2. The van der Waals surface area contributed by atoms with Crippen LogP contribution >= 0.6 is 0 Å². The fraction of sp³-hybridized carbons (Fsp3) is 0.100. The molecular formula is C20H19N3O3. The van der Waals surface area contributed by atoms with Gasteiger partial charge in [0, 0.05) is 35.3 Å². The summed E-state index contributed by atoms with van der Waals surface area (Å²) in [6, 6.07) is 15.1. The van der Waals surface area contributed by atoms with Crippen LogP contribution in [0.1, 0.15) is 17.5 Å². The second-order valence-corrected chi connectivity index (χ2v) is 5.84. The molecule has 3 rings (SSSR count). The van der Waals surface area contributed by atoms with Gasteiger partial charge in [-0.1, -0.05) is 30.3 Å². The van der Waals surface area contributed by atoms with Crippen molar-refractivity contribution in [2.24, 2.45) is 0 Å². The summed E-state index contributed by atoms with van der Waals surface area (Å²) in [6.45, 7) is 0. The summed E-state index contributed by atoms with van der Waals surface area (Å²) in [7, 11) is 0. The number of aromatic amines is 1. The summed E-state index contributed by atoms with van der Waals surface area (Å²) in [5.74, 6) is -0.655. The van der Waals surface area contributed by atoms with E-state index in [1.807, 2.05) is 30.5 Å². The molecule has 0 radical (unpaired) electrons. The zero-order valence-electron chi connectivity index (χ0n) is 14.0. The summed E-state index contributed by atoms with van der Waals surface area (Å²) in [5, 5.41) is 12.4. The number of aryl methyl sites for hydroxylation is 1. The minimum atomic E-state index is -0.598. The van der Waals surface area contributed by atoms with E-state index in [1.54, 1.807) is 30.3 Å². The van der Waals surface area contributed by atoms with Gasteiger partial charge in [0.15, 0.2) is 0 Å². The highest BCUT2D eigenvalue weighted by Crippen LogP contribution is 2.19. The predicted molar refractivity (Wildman–Crippen MR) is 101 cm³/mol. The van der Waals surface area contributed by atoms with Gasteiger partial charge in [-0.05, 0) is 41.8 Å². The second-order valence-electron chi connectivity index (χ2n) is 5.84. The van der Waals surface area contributed by atoms with E-state index < -0.39 is 5.91 Å². The lowest BCUT2D eigenvalue weighted by molar-refractivity contribution is -0.124. The third kappa shape index (κ3) is 4.37. The molecule has 2 aromatic carbocycles. The molecule has 2 amide bonds. The molecule has 0 atom stereocenters. The summed E-state index contributed by atoms with van der Waals surface area (Å²) < 4.78 is 0. The molecule has 0 aliphatic carbocycles. The van der Waals surface area contributed by atoms with Crippen molar-refractivity contribution >= 4 is 34.5 Å². The Balaban J connectivity index is 1.55. The van der Waals surface area contributed by atoms with Crippen molar-refractivity contribution in [2.45, 2.75) is 12.8 Å². The molecule has 0 bridgehead atoms. The molecule has 6 nitrogen and oxygen atoms in total. The van der Waals surface area contributed by atoms with Crippen LogP contribution in [0.4, 0.5) is 5.69 Å². The first kappa shape index (κ1) is 17.4. The highest BCUT2D eigenvalue weighted by Gasteiger charge is 2.07. The number of hydroxylamine groups is 1. The van der Waals surface area contributed by atoms with Crippen LogP contribution < -0.4 is 10.8 Å². The summed E-state index contributed by atoms with van der Waals surface area (Å²) in [6.07, 6.45) is 5.78. The third-order valence-electron chi connectivity index (χ3n) is 4.03. The van der Waals surface area contributed by atoms with Crippen LogP contribution in [0.2, 0.25) is 0 Å². The van der Waals surface area contributed by atoms with E-state index >= 15 is 0 Å². The first-order chi connectivity index (χ1) is 12.7. The number of fused-ring (bicyclic) bond motifs is 1. The largest absolute Gasteiger partial charge is 0.361 e. The lowest BCUT2D eigenvalue weighted by atomic mass is 10.1. The minimum absolute atomic E-state index is 0.0572. The van der Waals surface area contributed by atoms with Gasteiger partial charge >= 0.3 is 0 Å². The minimum Gasteiger partial charge on any atom is -0.361 e. The van der Waals surface area contributed by atoms with Gasteiger partial charge in [-0.25, -0.2) is 5.48 Å². The first-order valence-corrected chi connectivity index (χ1v) is 8.23. The molecule has 0 spiro atoms. The molecule has 132 valence electrons. The fourth-order valence-electron chi connectivity index (χ4n) is 2.70. The molecular weight excluding hydrogens is 330 g/mol. The number of benzene rings is 2. The van der Waals surface area contributed by atoms with Crippen LogP contribution in [0.5, 0.6) is 0 Å². The Labute approximate surface area is 150 Å². The van der Waals surface area contributed by atoms with Crippen molar-refractivity contribution in [3.8, 4) is 0 Å². The van der Waals surface area contributed by atoms with E-state index in [2.05, 4.69) is 10.3 Å². The fourth-order valence-corrected chi connectivity index (χ4v) is 2.70. The number of hydrogen-bond donors (Lipinski definition) is 4. The van der Waals surface area contributed by atoms with Crippen LogP contribution in [0.25, 0.3) is 17.0 Å². The van der Waals surface area contributed by atoms with Gasteiger partial charge in [-0.15, -0.1) is 0 Å². The molecule has 26 heavy (non-hydrogen) atoms. The van der Waals surface area contributed by atoms with E-state index in [0.717, 1.165) is 22.0 Å². The molecule has 0 unspecified atom stereocenters.